The first-order chi connectivity index (χ1) is 8.78. The Balaban J connectivity index is 1.94. The van der Waals surface area contributed by atoms with Crippen LogP contribution < -0.4 is 10.1 Å². The molecule has 0 radical (unpaired) electrons. The molecule has 2 aromatic rings. The van der Waals surface area contributed by atoms with Gasteiger partial charge in [-0.25, -0.2) is 0 Å². The molecule has 0 aliphatic heterocycles. The van der Waals surface area contributed by atoms with E-state index >= 15 is 0 Å². The van der Waals surface area contributed by atoms with E-state index < -0.39 is 0 Å². The van der Waals surface area contributed by atoms with Crippen molar-refractivity contribution in [2.24, 2.45) is 0 Å². The van der Waals surface area contributed by atoms with E-state index in [4.69, 9.17) is 16.3 Å². The summed E-state index contributed by atoms with van der Waals surface area (Å²) in [7, 11) is 0. The molecule has 0 amide bonds. The summed E-state index contributed by atoms with van der Waals surface area (Å²) < 4.78 is 5.58. The Morgan fingerprint density at radius 1 is 1.39 bits per heavy atom. The highest BCUT2D eigenvalue weighted by Gasteiger charge is 2.06. The first-order valence-corrected chi connectivity index (χ1v) is 6.94. The van der Waals surface area contributed by atoms with Crippen molar-refractivity contribution in [3.05, 3.63) is 34.3 Å². The minimum atomic E-state index is 0.533. The van der Waals surface area contributed by atoms with Gasteiger partial charge in [-0.2, -0.15) is 0 Å². The van der Waals surface area contributed by atoms with Gasteiger partial charge in [0.25, 0.3) is 5.19 Å². The fourth-order valence-corrected chi connectivity index (χ4v) is 2.21. The van der Waals surface area contributed by atoms with Gasteiger partial charge in [-0.05, 0) is 31.2 Å². The fraction of sp³-hybridized carbons (Fsp3) is 0.333. The van der Waals surface area contributed by atoms with Crippen LogP contribution >= 0.6 is 22.9 Å². The molecule has 6 heteroatoms. The summed E-state index contributed by atoms with van der Waals surface area (Å²) in [6.07, 6.45) is 1.10. The predicted octanol–water partition coefficient (Wildman–Crippen LogP) is 3.48. The van der Waals surface area contributed by atoms with Crippen molar-refractivity contribution < 1.29 is 4.74 Å². The number of nitrogens with one attached hydrogen (secondary N) is 1. The lowest BCUT2D eigenvalue weighted by molar-refractivity contribution is 0.473. The number of ether oxygens (including phenoxy) is 1. The third-order valence-electron chi connectivity index (χ3n) is 2.15. The summed E-state index contributed by atoms with van der Waals surface area (Å²) in [6, 6.07) is 7.22. The van der Waals surface area contributed by atoms with Crippen LogP contribution in [0.3, 0.4) is 0 Å². The molecule has 0 aliphatic rings. The van der Waals surface area contributed by atoms with Crippen molar-refractivity contribution in [3.8, 4) is 10.9 Å². The van der Waals surface area contributed by atoms with Crippen molar-refractivity contribution in [2.45, 2.75) is 19.9 Å². The van der Waals surface area contributed by atoms with E-state index in [0.717, 1.165) is 24.5 Å². The normalized spacial score (nSPS) is 10.6. The minimum Gasteiger partial charge on any atom is -0.430 e. The van der Waals surface area contributed by atoms with Crippen LogP contribution in [0.25, 0.3) is 0 Å². The maximum atomic E-state index is 5.88. The van der Waals surface area contributed by atoms with E-state index in [1.54, 1.807) is 12.1 Å². The van der Waals surface area contributed by atoms with Gasteiger partial charge in [0.1, 0.15) is 10.8 Å². The van der Waals surface area contributed by atoms with Crippen molar-refractivity contribution >= 4 is 22.9 Å². The number of nitrogens with zero attached hydrogens (tertiary/aromatic N) is 2. The van der Waals surface area contributed by atoms with Crippen LogP contribution in [-0.2, 0) is 6.54 Å². The Morgan fingerprint density at radius 3 is 3.06 bits per heavy atom. The maximum Gasteiger partial charge on any atom is 0.299 e. The van der Waals surface area contributed by atoms with E-state index in [9.17, 15) is 0 Å². The smallest absolute Gasteiger partial charge is 0.299 e. The minimum absolute atomic E-state index is 0.533. The zero-order chi connectivity index (χ0) is 12.8. The first-order valence-electron chi connectivity index (χ1n) is 5.74. The molecule has 0 saturated heterocycles. The molecule has 0 spiro atoms. The number of hydrogen-bond donors (Lipinski definition) is 1. The van der Waals surface area contributed by atoms with Gasteiger partial charge in [0, 0.05) is 11.6 Å². The van der Waals surface area contributed by atoms with E-state index in [0.29, 0.717) is 16.0 Å². The molecule has 0 unspecified atom stereocenters. The summed E-state index contributed by atoms with van der Waals surface area (Å²) in [5.41, 5.74) is 0. The standard InChI is InChI=1S/C12H14ClN3OS/c1-2-6-14-8-11-15-16-12(18-11)17-10-5-3-4-9(13)7-10/h3-5,7,14H,2,6,8H2,1H3. The molecule has 0 fully saturated rings. The third-order valence-corrected chi connectivity index (χ3v) is 3.19. The van der Waals surface area contributed by atoms with Crippen LogP contribution in [0.15, 0.2) is 24.3 Å². The van der Waals surface area contributed by atoms with E-state index in [2.05, 4.69) is 22.4 Å². The van der Waals surface area contributed by atoms with Gasteiger partial charge in [-0.3, -0.25) is 0 Å². The molecule has 0 aliphatic carbocycles. The molecule has 1 N–H and O–H groups in total. The average Bonchev–Trinajstić information content (AvgIpc) is 2.77. The summed E-state index contributed by atoms with van der Waals surface area (Å²) in [4.78, 5) is 0. The summed E-state index contributed by atoms with van der Waals surface area (Å²) in [5, 5.41) is 13.4. The third kappa shape index (κ3) is 3.94. The van der Waals surface area contributed by atoms with Crippen LogP contribution in [0.2, 0.25) is 5.02 Å². The van der Waals surface area contributed by atoms with Crippen LogP contribution in [0.5, 0.6) is 10.9 Å². The van der Waals surface area contributed by atoms with Crippen LogP contribution in [0.1, 0.15) is 18.4 Å². The molecule has 2 rings (SSSR count). The van der Waals surface area contributed by atoms with E-state index in [1.807, 2.05) is 12.1 Å². The Hall–Kier alpha value is -1.17. The van der Waals surface area contributed by atoms with Crippen LogP contribution in [0.4, 0.5) is 0 Å². The van der Waals surface area contributed by atoms with Gasteiger partial charge >= 0.3 is 0 Å². The zero-order valence-corrected chi connectivity index (χ0v) is 11.6. The van der Waals surface area contributed by atoms with Crippen LogP contribution in [0, 0.1) is 0 Å². The molecular weight excluding hydrogens is 270 g/mol. The van der Waals surface area contributed by atoms with Gasteiger partial charge < -0.3 is 10.1 Å². The Morgan fingerprint density at radius 2 is 2.28 bits per heavy atom. The van der Waals surface area contributed by atoms with Crippen LogP contribution in [-0.4, -0.2) is 16.7 Å². The Labute approximate surface area is 115 Å². The highest BCUT2D eigenvalue weighted by Crippen LogP contribution is 2.26. The Bertz CT molecular complexity index is 504. The highest BCUT2D eigenvalue weighted by atomic mass is 35.5. The number of benzene rings is 1. The number of aromatic nitrogens is 2. The monoisotopic (exact) mass is 283 g/mol. The van der Waals surface area contributed by atoms with Crippen molar-refractivity contribution in [1.29, 1.82) is 0 Å². The molecule has 1 heterocycles. The highest BCUT2D eigenvalue weighted by molar-refractivity contribution is 7.13. The maximum absolute atomic E-state index is 5.88. The lowest BCUT2D eigenvalue weighted by atomic mass is 10.3. The first kappa shape index (κ1) is 13.3. The molecule has 0 saturated carbocycles. The van der Waals surface area contributed by atoms with Gasteiger partial charge in [-0.15, -0.1) is 5.10 Å². The molecule has 0 atom stereocenters. The van der Waals surface area contributed by atoms with Gasteiger partial charge in [0.15, 0.2) is 0 Å². The molecule has 96 valence electrons. The molecule has 0 bridgehead atoms. The molecule has 4 nitrogen and oxygen atoms in total. The Kier molecular flexibility index (Phi) is 4.92. The lowest BCUT2D eigenvalue weighted by Crippen LogP contribution is -2.13. The summed E-state index contributed by atoms with van der Waals surface area (Å²) in [5.74, 6) is 0.673. The van der Waals surface area contributed by atoms with Gasteiger partial charge in [-0.1, -0.05) is 41.0 Å². The quantitative estimate of drug-likeness (QED) is 0.825. The largest absolute Gasteiger partial charge is 0.430 e. The predicted molar refractivity (Wildman–Crippen MR) is 73.4 cm³/mol. The molecular formula is C12H14ClN3OS. The molecule has 1 aromatic carbocycles. The van der Waals surface area contributed by atoms with Crippen molar-refractivity contribution in [1.82, 2.24) is 15.5 Å². The van der Waals surface area contributed by atoms with Crippen molar-refractivity contribution in [2.75, 3.05) is 6.54 Å². The number of halogens is 1. The second kappa shape index (κ2) is 6.68. The summed E-state index contributed by atoms with van der Waals surface area (Å²) >= 11 is 7.31. The van der Waals surface area contributed by atoms with E-state index in [-0.39, 0.29) is 0 Å². The number of hydrogen-bond acceptors (Lipinski definition) is 5. The van der Waals surface area contributed by atoms with Gasteiger partial charge in [0.05, 0.1) is 0 Å². The molecule has 18 heavy (non-hydrogen) atoms. The van der Waals surface area contributed by atoms with Crippen molar-refractivity contribution in [3.63, 3.8) is 0 Å². The second-order valence-corrected chi connectivity index (χ2v) is 5.16. The van der Waals surface area contributed by atoms with Gasteiger partial charge in [0.2, 0.25) is 0 Å². The average molecular weight is 284 g/mol. The van der Waals surface area contributed by atoms with E-state index in [1.165, 1.54) is 11.3 Å². The SMILES string of the molecule is CCCNCc1nnc(Oc2cccc(Cl)c2)s1. The topological polar surface area (TPSA) is 47.0 Å². The zero-order valence-electron chi connectivity index (χ0n) is 10.0. The fourth-order valence-electron chi connectivity index (χ4n) is 1.35. The lowest BCUT2D eigenvalue weighted by Gasteiger charge is -2.00. The molecule has 1 aromatic heterocycles. The second-order valence-electron chi connectivity index (χ2n) is 3.70. The summed E-state index contributed by atoms with van der Waals surface area (Å²) in [6.45, 7) is 3.83. The number of rotatable bonds is 6.